The van der Waals surface area contributed by atoms with Crippen LogP contribution in [0.1, 0.15) is 50.6 Å². The maximum Gasteiger partial charge on any atom is 0.240 e. The van der Waals surface area contributed by atoms with E-state index in [1.54, 1.807) is 0 Å². The Morgan fingerprint density at radius 3 is 2.46 bits per heavy atom. The second-order valence-electron chi connectivity index (χ2n) is 6.00. The van der Waals surface area contributed by atoms with E-state index in [1.165, 1.54) is 19.8 Å². The second-order valence-corrected chi connectivity index (χ2v) is 6.40. The molecule has 24 heavy (non-hydrogen) atoms. The predicted molar refractivity (Wildman–Crippen MR) is 96.9 cm³/mol. The van der Waals surface area contributed by atoms with Crippen molar-refractivity contribution in [2.45, 2.75) is 51.1 Å². The monoisotopic (exact) mass is 348 g/mol. The number of nitrogens with one attached hydrogen (secondary N) is 4. The van der Waals surface area contributed by atoms with Gasteiger partial charge >= 0.3 is 0 Å². The highest BCUT2D eigenvalue weighted by molar-refractivity contribution is 7.80. The first-order valence-electron chi connectivity index (χ1n) is 8.22. The Hall–Kier alpha value is -2.15. The molecule has 0 unspecified atom stereocenters. The summed E-state index contributed by atoms with van der Waals surface area (Å²) in [6.45, 7) is 1.44. The molecule has 1 aromatic carbocycles. The summed E-state index contributed by atoms with van der Waals surface area (Å²) in [7, 11) is 0. The molecule has 1 aromatic rings. The molecule has 1 aliphatic rings. The molecule has 0 heterocycles. The fraction of sp³-hybridized carbons (Fsp3) is 0.471. The van der Waals surface area contributed by atoms with Crippen molar-refractivity contribution in [3.8, 4) is 0 Å². The highest BCUT2D eigenvalue weighted by Crippen LogP contribution is 2.17. The summed E-state index contributed by atoms with van der Waals surface area (Å²) in [6, 6.07) is 9.42. The summed E-state index contributed by atoms with van der Waals surface area (Å²) in [5, 5.41) is 6.41. The number of amides is 2. The first-order valence-corrected chi connectivity index (χ1v) is 8.63. The van der Waals surface area contributed by atoms with Gasteiger partial charge in [0.1, 0.15) is 0 Å². The quantitative estimate of drug-likeness (QED) is 0.481. The van der Waals surface area contributed by atoms with Gasteiger partial charge in [-0.3, -0.25) is 20.4 Å². The van der Waals surface area contributed by atoms with Crippen molar-refractivity contribution < 1.29 is 9.59 Å². The van der Waals surface area contributed by atoms with Crippen LogP contribution in [-0.4, -0.2) is 23.0 Å². The molecule has 1 saturated carbocycles. The average molecular weight is 348 g/mol. The topological polar surface area (TPSA) is 82.3 Å². The standard InChI is InChI=1S/C17H24N4O2S/c1-12(22)18-15(13-7-3-2-4-8-13)11-16(23)20-21-17(24)19-14-9-5-6-10-14/h2-4,7-8,14-15H,5-6,9-11H2,1H3,(H,18,22)(H,20,23)(H2,19,21,24)/t15-/m1/s1. The van der Waals surface area contributed by atoms with Crippen LogP contribution in [0.25, 0.3) is 0 Å². The van der Waals surface area contributed by atoms with Gasteiger partial charge < -0.3 is 10.6 Å². The van der Waals surface area contributed by atoms with Crippen molar-refractivity contribution in [2.75, 3.05) is 0 Å². The van der Waals surface area contributed by atoms with E-state index >= 15 is 0 Å². The van der Waals surface area contributed by atoms with Crippen LogP contribution in [0, 0.1) is 0 Å². The van der Waals surface area contributed by atoms with Gasteiger partial charge in [-0.05, 0) is 30.6 Å². The molecule has 0 saturated heterocycles. The normalized spacial score (nSPS) is 15.4. The van der Waals surface area contributed by atoms with Crippen molar-refractivity contribution in [3.63, 3.8) is 0 Å². The van der Waals surface area contributed by atoms with Crippen LogP contribution in [-0.2, 0) is 9.59 Å². The molecule has 1 aliphatic carbocycles. The molecule has 0 aliphatic heterocycles. The molecule has 2 amide bonds. The smallest absolute Gasteiger partial charge is 0.240 e. The van der Waals surface area contributed by atoms with Crippen molar-refractivity contribution in [1.29, 1.82) is 0 Å². The minimum absolute atomic E-state index is 0.128. The summed E-state index contributed by atoms with van der Waals surface area (Å²) in [6.07, 6.45) is 4.76. The fourth-order valence-electron chi connectivity index (χ4n) is 2.84. The Bertz CT molecular complexity index is 573. The van der Waals surface area contributed by atoms with Crippen LogP contribution in [0.3, 0.4) is 0 Å². The molecule has 0 radical (unpaired) electrons. The van der Waals surface area contributed by atoms with Crippen LogP contribution in [0.2, 0.25) is 0 Å². The minimum Gasteiger partial charge on any atom is -0.359 e. The number of benzene rings is 1. The first-order chi connectivity index (χ1) is 11.5. The van der Waals surface area contributed by atoms with Gasteiger partial charge in [0, 0.05) is 13.0 Å². The fourth-order valence-corrected chi connectivity index (χ4v) is 3.06. The maximum absolute atomic E-state index is 12.1. The third kappa shape index (κ3) is 6.16. The Kier molecular flexibility index (Phi) is 6.99. The van der Waals surface area contributed by atoms with Gasteiger partial charge in [-0.1, -0.05) is 43.2 Å². The number of rotatable bonds is 5. The summed E-state index contributed by atoms with van der Waals surface area (Å²) in [5.74, 6) is -0.420. The van der Waals surface area contributed by atoms with Gasteiger partial charge in [-0.2, -0.15) is 0 Å². The lowest BCUT2D eigenvalue weighted by Crippen LogP contribution is -2.49. The van der Waals surface area contributed by atoms with Crippen LogP contribution >= 0.6 is 12.2 Å². The molecule has 6 nitrogen and oxygen atoms in total. The number of carbonyl (C=O) groups excluding carboxylic acids is 2. The number of thiocarbonyl (C=S) groups is 1. The lowest BCUT2D eigenvalue weighted by Gasteiger charge is -2.19. The molecule has 2 rings (SSSR count). The third-order valence-corrected chi connectivity index (χ3v) is 4.19. The summed E-state index contributed by atoms with van der Waals surface area (Å²) in [4.78, 5) is 23.5. The SMILES string of the molecule is CC(=O)N[C@H](CC(=O)NNC(=S)NC1CCCC1)c1ccccc1. The van der Waals surface area contributed by atoms with Crippen molar-refractivity contribution in [3.05, 3.63) is 35.9 Å². The van der Waals surface area contributed by atoms with Crippen molar-refractivity contribution in [2.24, 2.45) is 0 Å². The maximum atomic E-state index is 12.1. The summed E-state index contributed by atoms with van der Waals surface area (Å²) < 4.78 is 0. The molecule has 1 fully saturated rings. The van der Waals surface area contributed by atoms with Gasteiger partial charge in [-0.15, -0.1) is 0 Å². The molecule has 1 atom stereocenters. The Balaban J connectivity index is 1.81. The first kappa shape index (κ1) is 18.2. The lowest BCUT2D eigenvalue weighted by atomic mass is 10.0. The van der Waals surface area contributed by atoms with Gasteiger partial charge in [0.2, 0.25) is 11.8 Å². The van der Waals surface area contributed by atoms with E-state index < -0.39 is 0 Å². The van der Waals surface area contributed by atoms with Gasteiger partial charge in [0.15, 0.2) is 5.11 Å². The average Bonchev–Trinajstić information content (AvgIpc) is 3.06. The number of hydrazine groups is 1. The Morgan fingerprint density at radius 1 is 1.17 bits per heavy atom. The highest BCUT2D eigenvalue weighted by atomic mass is 32.1. The summed E-state index contributed by atoms with van der Waals surface area (Å²) >= 11 is 5.18. The van der Waals surface area contributed by atoms with Crippen LogP contribution < -0.4 is 21.5 Å². The number of carbonyl (C=O) groups is 2. The van der Waals surface area contributed by atoms with E-state index in [9.17, 15) is 9.59 Å². The molecular formula is C17H24N4O2S. The van der Waals surface area contributed by atoms with Crippen LogP contribution in [0.15, 0.2) is 30.3 Å². The van der Waals surface area contributed by atoms with E-state index in [4.69, 9.17) is 12.2 Å². The van der Waals surface area contributed by atoms with Gasteiger partial charge in [-0.25, -0.2) is 0 Å². The molecule has 0 aromatic heterocycles. The molecular weight excluding hydrogens is 324 g/mol. The zero-order valence-electron chi connectivity index (χ0n) is 13.8. The van der Waals surface area contributed by atoms with Crippen molar-refractivity contribution in [1.82, 2.24) is 21.5 Å². The van der Waals surface area contributed by atoms with E-state index in [2.05, 4.69) is 21.5 Å². The Morgan fingerprint density at radius 2 is 1.83 bits per heavy atom. The zero-order chi connectivity index (χ0) is 17.4. The number of hydrogen-bond donors (Lipinski definition) is 4. The Labute approximate surface area is 147 Å². The molecule has 7 heteroatoms. The molecule has 0 bridgehead atoms. The van der Waals surface area contributed by atoms with Crippen molar-refractivity contribution >= 4 is 29.1 Å². The van der Waals surface area contributed by atoms with E-state index in [0.717, 1.165) is 18.4 Å². The van der Waals surface area contributed by atoms with Crippen LogP contribution in [0.4, 0.5) is 0 Å². The molecule has 0 spiro atoms. The van der Waals surface area contributed by atoms with Gasteiger partial charge in [0.05, 0.1) is 12.5 Å². The number of hydrogen-bond acceptors (Lipinski definition) is 3. The predicted octanol–water partition coefficient (Wildman–Crippen LogP) is 1.69. The van der Waals surface area contributed by atoms with E-state index in [-0.39, 0.29) is 24.3 Å². The minimum atomic E-state index is -0.373. The van der Waals surface area contributed by atoms with E-state index in [0.29, 0.717) is 11.2 Å². The lowest BCUT2D eigenvalue weighted by molar-refractivity contribution is -0.123. The third-order valence-electron chi connectivity index (χ3n) is 3.97. The second kappa shape index (κ2) is 9.22. The molecule has 130 valence electrons. The largest absolute Gasteiger partial charge is 0.359 e. The highest BCUT2D eigenvalue weighted by Gasteiger charge is 2.18. The zero-order valence-corrected chi connectivity index (χ0v) is 14.6. The van der Waals surface area contributed by atoms with E-state index in [1.807, 2.05) is 30.3 Å². The van der Waals surface area contributed by atoms with Crippen LogP contribution in [0.5, 0.6) is 0 Å². The van der Waals surface area contributed by atoms with Gasteiger partial charge in [0.25, 0.3) is 0 Å². The summed E-state index contributed by atoms with van der Waals surface area (Å²) in [5.41, 5.74) is 6.20. The molecule has 4 N–H and O–H groups in total.